The molecule has 0 aromatic carbocycles. The SMILES string of the molecule is C[C@@H]1Cc2c(C(=O)NCCCN3CCC(O)CC3)n[nH]c2[C@H](C)O1. The van der Waals surface area contributed by atoms with Gasteiger partial charge in [-0.1, -0.05) is 0 Å². The third-order valence-corrected chi connectivity index (χ3v) is 4.94. The Bertz CT molecular complexity index is 566. The number of piperidine rings is 1. The number of nitrogens with zero attached hydrogens (tertiary/aromatic N) is 2. The van der Waals surface area contributed by atoms with E-state index in [9.17, 15) is 9.90 Å². The van der Waals surface area contributed by atoms with E-state index in [1.54, 1.807) is 0 Å². The zero-order valence-corrected chi connectivity index (χ0v) is 14.5. The molecule has 0 unspecified atom stereocenters. The molecule has 3 heterocycles. The highest BCUT2D eigenvalue weighted by Crippen LogP contribution is 2.29. The van der Waals surface area contributed by atoms with Crippen LogP contribution in [0.5, 0.6) is 0 Å². The van der Waals surface area contributed by atoms with E-state index in [4.69, 9.17) is 4.74 Å². The van der Waals surface area contributed by atoms with Crippen LogP contribution in [0.3, 0.4) is 0 Å². The first kappa shape index (κ1) is 17.4. The molecule has 1 aromatic rings. The first-order valence-electron chi connectivity index (χ1n) is 8.95. The number of rotatable bonds is 5. The predicted octanol–water partition coefficient (Wildman–Crippen LogP) is 1.01. The van der Waals surface area contributed by atoms with Crippen LogP contribution in [0.1, 0.15) is 61.0 Å². The highest BCUT2D eigenvalue weighted by atomic mass is 16.5. The van der Waals surface area contributed by atoms with Crippen molar-refractivity contribution in [3.63, 3.8) is 0 Å². The monoisotopic (exact) mass is 336 g/mol. The number of aromatic nitrogens is 2. The zero-order chi connectivity index (χ0) is 17.1. The molecule has 2 aliphatic rings. The highest BCUT2D eigenvalue weighted by Gasteiger charge is 2.29. The Balaban J connectivity index is 1.46. The van der Waals surface area contributed by atoms with E-state index in [1.165, 1.54) is 0 Å². The van der Waals surface area contributed by atoms with Crippen molar-refractivity contribution in [1.82, 2.24) is 20.4 Å². The van der Waals surface area contributed by atoms with Gasteiger partial charge in [-0.15, -0.1) is 0 Å². The van der Waals surface area contributed by atoms with Gasteiger partial charge in [-0.25, -0.2) is 0 Å². The van der Waals surface area contributed by atoms with Crippen LogP contribution in [0.2, 0.25) is 0 Å². The van der Waals surface area contributed by atoms with Gasteiger partial charge in [0, 0.05) is 31.6 Å². The summed E-state index contributed by atoms with van der Waals surface area (Å²) in [5.74, 6) is -0.108. The maximum Gasteiger partial charge on any atom is 0.272 e. The second-order valence-electron chi connectivity index (χ2n) is 6.94. The summed E-state index contributed by atoms with van der Waals surface area (Å²) in [6.45, 7) is 7.47. The molecule has 3 N–H and O–H groups in total. The lowest BCUT2D eigenvalue weighted by atomic mass is 9.99. The van der Waals surface area contributed by atoms with E-state index in [0.29, 0.717) is 12.2 Å². The smallest absolute Gasteiger partial charge is 0.272 e. The Hall–Kier alpha value is -1.44. The second kappa shape index (κ2) is 7.63. The van der Waals surface area contributed by atoms with Crippen molar-refractivity contribution in [1.29, 1.82) is 0 Å². The topological polar surface area (TPSA) is 90.5 Å². The van der Waals surface area contributed by atoms with Gasteiger partial charge in [0.05, 0.1) is 24.0 Å². The number of carbonyl (C=O) groups is 1. The summed E-state index contributed by atoms with van der Waals surface area (Å²) < 4.78 is 5.75. The minimum atomic E-state index is -0.138. The molecule has 7 heteroatoms. The van der Waals surface area contributed by atoms with Gasteiger partial charge in [0.1, 0.15) is 0 Å². The van der Waals surface area contributed by atoms with E-state index in [2.05, 4.69) is 20.4 Å². The number of aliphatic hydroxyl groups is 1. The first-order chi connectivity index (χ1) is 11.5. The molecule has 1 aromatic heterocycles. The van der Waals surface area contributed by atoms with Crippen molar-refractivity contribution in [3.8, 4) is 0 Å². The molecule has 134 valence electrons. The van der Waals surface area contributed by atoms with Gasteiger partial charge in [0.2, 0.25) is 0 Å². The van der Waals surface area contributed by atoms with Gasteiger partial charge >= 0.3 is 0 Å². The van der Waals surface area contributed by atoms with Gasteiger partial charge in [-0.3, -0.25) is 9.89 Å². The molecule has 0 aliphatic carbocycles. The van der Waals surface area contributed by atoms with Crippen LogP contribution in [0.15, 0.2) is 0 Å². The van der Waals surface area contributed by atoms with Crippen molar-refractivity contribution in [2.75, 3.05) is 26.2 Å². The van der Waals surface area contributed by atoms with E-state index in [1.807, 2.05) is 13.8 Å². The van der Waals surface area contributed by atoms with Crippen molar-refractivity contribution in [3.05, 3.63) is 17.0 Å². The fraction of sp³-hybridized carbons (Fsp3) is 0.765. The lowest BCUT2D eigenvalue weighted by Crippen LogP contribution is -2.37. The van der Waals surface area contributed by atoms with E-state index < -0.39 is 0 Å². The molecule has 0 saturated carbocycles. The van der Waals surface area contributed by atoms with Gasteiger partial charge in [0.15, 0.2) is 5.69 Å². The fourth-order valence-corrected chi connectivity index (χ4v) is 3.59. The maximum absolute atomic E-state index is 12.4. The predicted molar refractivity (Wildman–Crippen MR) is 89.9 cm³/mol. The summed E-state index contributed by atoms with van der Waals surface area (Å²) in [4.78, 5) is 14.7. The molecule has 2 atom stereocenters. The fourth-order valence-electron chi connectivity index (χ4n) is 3.59. The maximum atomic E-state index is 12.4. The van der Waals surface area contributed by atoms with Crippen LogP contribution in [0.4, 0.5) is 0 Å². The average molecular weight is 336 g/mol. The largest absolute Gasteiger partial charge is 0.393 e. The Labute approximate surface area is 142 Å². The quantitative estimate of drug-likeness (QED) is 0.698. The molecular weight excluding hydrogens is 308 g/mol. The van der Waals surface area contributed by atoms with Crippen molar-refractivity contribution in [2.45, 2.75) is 57.8 Å². The lowest BCUT2D eigenvalue weighted by molar-refractivity contribution is -0.00697. The number of ether oxygens (including phenoxy) is 1. The van der Waals surface area contributed by atoms with Gasteiger partial charge in [-0.2, -0.15) is 5.10 Å². The number of amides is 1. The van der Waals surface area contributed by atoms with E-state index in [-0.39, 0.29) is 24.2 Å². The molecule has 3 rings (SSSR count). The van der Waals surface area contributed by atoms with Crippen molar-refractivity contribution >= 4 is 5.91 Å². The summed E-state index contributed by atoms with van der Waals surface area (Å²) in [7, 11) is 0. The Morgan fingerprint density at radius 3 is 2.92 bits per heavy atom. The number of likely N-dealkylation sites (tertiary alicyclic amines) is 1. The van der Waals surface area contributed by atoms with Gasteiger partial charge < -0.3 is 20.1 Å². The molecule has 1 saturated heterocycles. The number of aliphatic hydroxyl groups excluding tert-OH is 1. The summed E-state index contributed by atoms with van der Waals surface area (Å²) in [5, 5.41) is 19.6. The average Bonchev–Trinajstić information content (AvgIpc) is 2.97. The number of nitrogens with one attached hydrogen (secondary N) is 2. The summed E-state index contributed by atoms with van der Waals surface area (Å²) in [6, 6.07) is 0. The molecule has 0 radical (unpaired) electrons. The summed E-state index contributed by atoms with van der Waals surface area (Å²) in [5.41, 5.74) is 2.42. The normalized spacial score (nSPS) is 25.5. The summed E-state index contributed by atoms with van der Waals surface area (Å²) in [6.07, 6.45) is 3.24. The summed E-state index contributed by atoms with van der Waals surface area (Å²) >= 11 is 0. The van der Waals surface area contributed by atoms with Crippen LogP contribution in [-0.2, 0) is 11.2 Å². The number of hydrogen-bond acceptors (Lipinski definition) is 5. The highest BCUT2D eigenvalue weighted by molar-refractivity contribution is 5.94. The Kier molecular flexibility index (Phi) is 5.53. The first-order valence-corrected chi connectivity index (χ1v) is 8.95. The zero-order valence-electron chi connectivity index (χ0n) is 14.5. The molecule has 0 bridgehead atoms. The molecule has 2 aliphatic heterocycles. The van der Waals surface area contributed by atoms with Gasteiger partial charge in [0.25, 0.3) is 5.91 Å². The molecule has 24 heavy (non-hydrogen) atoms. The number of fused-ring (bicyclic) bond motifs is 1. The third-order valence-electron chi connectivity index (χ3n) is 4.94. The van der Waals surface area contributed by atoms with E-state index in [0.717, 1.165) is 56.6 Å². The molecule has 1 fully saturated rings. The van der Waals surface area contributed by atoms with Crippen LogP contribution < -0.4 is 5.32 Å². The van der Waals surface area contributed by atoms with Crippen molar-refractivity contribution < 1.29 is 14.6 Å². The van der Waals surface area contributed by atoms with Gasteiger partial charge in [-0.05, 0) is 39.7 Å². The minimum Gasteiger partial charge on any atom is -0.393 e. The van der Waals surface area contributed by atoms with Crippen LogP contribution in [0, 0.1) is 0 Å². The molecule has 7 nitrogen and oxygen atoms in total. The number of hydrogen-bond donors (Lipinski definition) is 3. The number of H-pyrrole nitrogens is 1. The standard InChI is InChI=1S/C17H28N4O3/c1-11-10-14-15(12(2)24-11)19-20-16(14)17(23)18-6-3-7-21-8-4-13(22)5-9-21/h11-13,22H,3-10H2,1-2H3,(H,18,23)(H,19,20)/t11-,12+/m1/s1. The Morgan fingerprint density at radius 1 is 1.42 bits per heavy atom. The lowest BCUT2D eigenvalue weighted by Gasteiger charge is -2.29. The number of carbonyl (C=O) groups excluding carboxylic acids is 1. The van der Waals surface area contributed by atoms with E-state index >= 15 is 0 Å². The van der Waals surface area contributed by atoms with Crippen LogP contribution in [-0.4, -0.2) is 64.5 Å². The Morgan fingerprint density at radius 2 is 2.17 bits per heavy atom. The molecule has 0 spiro atoms. The number of aromatic amines is 1. The molecular formula is C17H28N4O3. The van der Waals surface area contributed by atoms with Crippen molar-refractivity contribution in [2.24, 2.45) is 0 Å². The minimum absolute atomic E-state index is 0.0488. The molecule has 1 amide bonds. The third kappa shape index (κ3) is 3.96. The van der Waals surface area contributed by atoms with Crippen LogP contribution >= 0.6 is 0 Å². The second-order valence-corrected chi connectivity index (χ2v) is 6.94. The van der Waals surface area contributed by atoms with Crippen LogP contribution in [0.25, 0.3) is 0 Å².